The number of carbonyl (C=O) groups is 2. The van der Waals surface area contributed by atoms with Crippen LogP contribution in [-0.4, -0.2) is 174 Å². The third kappa shape index (κ3) is 7.61. The SMILES string of the molecule is C[C@@H]1O[C@@H](O[C@H]2[C@H](O[C@H]3[C@H](O[C@H]4CC[C@]5(C)[C@H]6CC=C7[C@@H]8CC(C)(C)C[C@H](O)[C@]8(C)C(=O)C[C@@]7(C)[C@]6(C)CC[C@H]5C4(C)C)O[C@H](C(=O)O)[C@@H](O)[C@@H]3O)O[C@H](CO)[C@@H](O)[C@@H]2O)[C@H](O)[C@H](O)[C@H]1O. The van der Waals surface area contributed by atoms with E-state index in [1.54, 1.807) is 0 Å². The quantitative estimate of drug-likeness (QED) is 0.120. The zero-order valence-corrected chi connectivity index (χ0v) is 39.7. The number of ketones is 1. The van der Waals surface area contributed by atoms with Crippen molar-refractivity contribution in [3.63, 3.8) is 0 Å². The van der Waals surface area contributed by atoms with Crippen molar-refractivity contribution in [1.29, 1.82) is 0 Å². The van der Waals surface area contributed by atoms with Crippen LogP contribution in [0.4, 0.5) is 0 Å². The molecule has 18 heteroatoms. The van der Waals surface area contributed by atoms with Crippen molar-refractivity contribution in [2.24, 2.45) is 50.2 Å². The fourth-order valence-corrected chi connectivity index (χ4v) is 14.9. The Morgan fingerprint density at radius 2 is 1.33 bits per heavy atom. The summed E-state index contributed by atoms with van der Waals surface area (Å²) in [4.78, 5) is 26.9. The number of hydrogen-bond acceptors (Lipinski definition) is 17. The predicted octanol–water partition coefficient (Wildman–Crippen LogP) is 0.911. The van der Waals surface area contributed by atoms with E-state index in [4.69, 9.17) is 28.4 Å². The number of carbonyl (C=O) groups excluding carboxylic acids is 1. The lowest BCUT2D eigenvalue weighted by atomic mass is 9.33. The Morgan fingerprint density at radius 1 is 0.712 bits per heavy atom. The molecular weight excluding hydrogens is 865 g/mol. The second kappa shape index (κ2) is 17.3. The van der Waals surface area contributed by atoms with Crippen LogP contribution in [-0.2, 0) is 38.0 Å². The van der Waals surface area contributed by atoms with E-state index in [0.717, 1.165) is 25.7 Å². The second-order valence-electron chi connectivity index (χ2n) is 23.6. The molecular formula is C48H76O18. The minimum atomic E-state index is -2.04. The summed E-state index contributed by atoms with van der Waals surface area (Å²) in [5.74, 6) is -1.24. The molecule has 4 saturated carbocycles. The molecule has 0 radical (unpaired) electrons. The number of aliphatic hydroxyl groups excluding tert-OH is 9. The minimum Gasteiger partial charge on any atom is -0.479 e. The summed E-state index contributed by atoms with van der Waals surface area (Å²) in [6.07, 6.45) is -19.4. The number of fused-ring (bicyclic) bond motifs is 7. The van der Waals surface area contributed by atoms with Gasteiger partial charge in [0.2, 0.25) is 0 Å². The summed E-state index contributed by atoms with van der Waals surface area (Å²) in [5, 5.41) is 108. The number of carboxylic acid groups (broad SMARTS) is 1. The molecule has 376 valence electrons. The molecule has 8 rings (SSSR count). The Balaban J connectivity index is 1.07. The zero-order valence-electron chi connectivity index (χ0n) is 39.7. The summed E-state index contributed by atoms with van der Waals surface area (Å²) < 4.78 is 36.3. The van der Waals surface area contributed by atoms with Crippen LogP contribution in [0.25, 0.3) is 0 Å². The van der Waals surface area contributed by atoms with Gasteiger partial charge in [0, 0.05) is 11.8 Å². The van der Waals surface area contributed by atoms with Crippen molar-refractivity contribution in [1.82, 2.24) is 0 Å². The lowest BCUT2D eigenvalue weighted by Crippen LogP contribution is -2.68. The smallest absolute Gasteiger partial charge is 0.335 e. The molecule has 10 N–H and O–H groups in total. The lowest BCUT2D eigenvalue weighted by molar-refractivity contribution is -0.395. The van der Waals surface area contributed by atoms with Crippen LogP contribution in [0.2, 0.25) is 0 Å². The highest BCUT2D eigenvalue weighted by atomic mass is 16.8. The fraction of sp³-hybridized carbons (Fsp3) is 0.917. The number of aliphatic hydroxyl groups is 9. The third-order valence-corrected chi connectivity index (χ3v) is 19.2. The molecule has 18 nitrogen and oxygen atoms in total. The monoisotopic (exact) mass is 941 g/mol. The Hall–Kier alpha value is -1.72. The molecule has 7 fully saturated rings. The fourth-order valence-electron chi connectivity index (χ4n) is 14.9. The van der Waals surface area contributed by atoms with Gasteiger partial charge >= 0.3 is 5.97 Å². The van der Waals surface area contributed by atoms with Gasteiger partial charge in [-0.15, -0.1) is 0 Å². The van der Waals surface area contributed by atoms with Crippen LogP contribution < -0.4 is 0 Å². The molecule has 0 aromatic heterocycles. The molecule has 0 amide bonds. The van der Waals surface area contributed by atoms with Gasteiger partial charge in [-0.2, -0.15) is 0 Å². The van der Waals surface area contributed by atoms with E-state index < -0.39 is 133 Å². The first-order valence-corrected chi connectivity index (χ1v) is 24.0. The molecule has 5 aliphatic carbocycles. The van der Waals surface area contributed by atoms with Gasteiger partial charge in [0.05, 0.1) is 30.3 Å². The first kappa shape index (κ1) is 50.7. The maximum absolute atomic E-state index is 14.4. The average Bonchev–Trinajstić information content (AvgIpc) is 3.23. The van der Waals surface area contributed by atoms with Crippen molar-refractivity contribution < 1.29 is 89.1 Å². The molecule has 0 bridgehead atoms. The molecule has 66 heavy (non-hydrogen) atoms. The molecule has 3 aliphatic heterocycles. The third-order valence-electron chi connectivity index (χ3n) is 19.2. The molecule has 3 saturated heterocycles. The first-order valence-electron chi connectivity index (χ1n) is 24.0. The van der Waals surface area contributed by atoms with Crippen LogP contribution in [0.15, 0.2) is 11.6 Å². The van der Waals surface area contributed by atoms with Crippen LogP contribution in [0.1, 0.15) is 114 Å². The summed E-state index contributed by atoms with van der Waals surface area (Å²) in [6.45, 7) is 18.1. The highest BCUT2D eigenvalue weighted by Crippen LogP contribution is 2.75. The van der Waals surface area contributed by atoms with Crippen molar-refractivity contribution in [3.05, 3.63) is 11.6 Å². The summed E-state index contributed by atoms with van der Waals surface area (Å²) in [5.41, 5.74) is -1.12. The van der Waals surface area contributed by atoms with Crippen LogP contribution in [0.5, 0.6) is 0 Å². The van der Waals surface area contributed by atoms with Crippen molar-refractivity contribution in [3.8, 4) is 0 Å². The Kier molecular flexibility index (Phi) is 13.2. The van der Waals surface area contributed by atoms with E-state index in [9.17, 15) is 60.7 Å². The van der Waals surface area contributed by atoms with Crippen molar-refractivity contribution in [2.45, 2.75) is 218 Å². The number of Topliss-reactive ketones (excluding diaryl/α,β-unsaturated/α-hetero) is 1. The van der Waals surface area contributed by atoms with Gasteiger partial charge < -0.3 is 79.5 Å². The molecule has 0 aromatic rings. The second-order valence-corrected chi connectivity index (χ2v) is 23.6. The first-order chi connectivity index (χ1) is 30.6. The van der Waals surface area contributed by atoms with Gasteiger partial charge in [-0.1, -0.05) is 60.1 Å². The zero-order chi connectivity index (χ0) is 48.6. The molecule has 0 aromatic carbocycles. The van der Waals surface area contributed by atoms with E-state index in [0.29, 0.717) is 25.7 Å². The normalized spacial score (nSPS) is 54.5. The van der Waals surface area contributed by atoms with Crippen LogP contribution >= 0.6 is 0 Å². The van der Waals surface area contributed by atoms with Gasteiger partial charge in [0.1, 0.15) is 66.8 Å². The predicted molar refractivity (Wildman–Crippen MR) is 230 cm³/mol. The van der Waals surface area contributed by atoms with E-state index in [1.807, 2.05) is 6.92 Å². The minimum absolute atomic E-state index is 0.0537. The van der Waals surface area contributed by atoms with Gasteiger partial charge in [0.25, 0.3) is 0 Å². The van der Waals surface area contributed by atoms with Gasteiger partial charge in [0.15, 0.2) is 25.0 Å². The maximum Gasteiger partial charge on any atom is 0.335 e. The number of rotatable bonds is 8. The number of allylic oxidation sites excluding steroid dienone is 2. The van der Waals surface area contributed by atoms with Crippen LogP contribution in [0, 0.1) is 50.2 Å². The van der Waals surface area contributed by atoms with E-state index in [1.165, 1.54) is 12.5 Å². The van der Waals surface area contributed by atoms with Crippen molar-refractivity contribution in [2.75, 3.05) is 6.61 Å². The molecule has 0 spiro atoms. The molecule has 0 unspecified atom stereocenters. The van der Waals surface area contributed by atoms with Crippen LogP contribution in [0.3, 0.4) is 0 Å². The topological polar surface area (TPSA) is 292 Å². The number of carboxylic acids is 1. The number of hydrogen-bond donors (Lipinski definition) is 10. The largest absolute Gasteiger partial charge is 0.479 e. The summed E-state index contributed by atoms with van der Waals surface area (Å²) in [7, 11) is 0. The highest BCUT2D eigenvalue weighted by Gasteiger charge is 2.71. The molecule has 8 aliphatic rings. The Labute approximate surface area is 386 Å². The maximum atomic E-state index is 14.4. The molecule has 24 atom stereocenters. The Bertz CT molecular complexity index is 1880. The standard InChI is InChI=1S/C48H76O18/c1-20-29(52)31(54)35(58)40(61-20)65-37-32(55)30(53)23(19-49)62-41(37)66-38-34(57)33(56)36(39(59)60)64-42(38)63-28-13-14-45(6)24(44(28,4)5)12-15-46(7)25(45)11-10-21-22-16-43(2,3)17-26(50)48(22,9)27(51)18-47(21,46)8/h10,20,22-26,28-38,40-42,49-50,52-58H,11-19H2,1-9H3,(H,59,60)/t20-,22-,23+,24-,25+,26-,28-,29-,30+,31+,32-,33-,34-,35+,36-,37+,38+,40-,41-,42+,45-,46+,47+,48+/m0/s1. The van der Waals surface area contributed by atoms with E-state index >= 15 is 0 Å². The number of ether oxygens (including phenoxy) is 6. The Morgan fingerprint density at radius 3 is 1.97 bits per heavy atom. The van der Waals surface area contributed by atoms with Gasteiger partial charge in [-0.3, -0.25) is 4.79 Å². The van der Waals surface area contributed by atoms with E-state index in [2.05, 4.69) is 54.5 Å². The van der Waals surface area contributed by atoms with Gasteiger partial charge in [-0.25, -0.2) is 4.79 Å². The highest BCUT2D eigenvalue weighted by molar-refractivity contribution is 5.89. The summed E-state index contributed by atoms with van der Waals surface area (Å²) in [6, 6.07) is 0. The number of aliphatic carboxylic acids is 1. The average molecular weight is 941 g/mol. The summed E-state index contributed by atoms with van der Waals surface area (Å²) >= 11 is 0. The van der Waals surface area contributed by atoms with Crippen molar-refractivity contribution >= 4 is 11.8 Å². The van der Waals surface area contributed by atoms with Gasteiger partial charge in [-0.05, 0) is 98.2 Å². The van der Waals surface area contributed by atoms with E-state index in [-0.39, 0.29) is 39.8 Å². The lowest BCUT2D eigenvalue weighted by Gasteiger charge is -2.71. The molecule has 3 heterocycles.